The van der Waals surface area contributed by atoms with E-state index in [0.717, 1.165) is 12.0 Å². The highest BCUT2D eigenvalue weighted by molar-refractivity contribution is 6.32. The van der Waals surface area contributed by atoms with Gasteiger partial charge in [0.15, 0.2) is 11.5 Å². The summed E-state index contributed by atoms with van der Waals surface area (Å²) in [7, 11) is 0. The summed E-state index contributed by atoms with van der Waals surface area (Å²) in [5, 5.41) is 12.2. The van der Waals surface area contributed by atoms with Crippen molar-refractivity contribution >= 4 is 11.6 Å². The first-order valence-corrected chi connectivity index (χ1v) is 6.35. The average molecular weight is 267 g/mol. The summed E-state index contributed by atoms with van der Waals surface area (Å²) in [5.74, 6) is 1.34. The Bertz CT molecular complexity index is 457. The van der Waals surface area contributed by atoms with Crippen LogP contribution in [0.15, 0.2) is 12.1 Å². The number of benzene rings is 1. The molecule has 0 spiro atoms. The standard InChI is InChI=1S/C13H15ClN2O2/c14-11-7-10(9-16-4-1-3-15)8-12-13(11)18-6-2-5-17-12/h7-8,16H,1-2,4-6,9H2. The maximum absolute atomic E-state index is 8.45. The Labute approximate surface area is 111 Å². The number of halogens is 1. The third-order valence-electron chi connectivity index (χ3n) is 2.60. The summed E-state index contributed by atoms with van der Waals surface area (Å²) in [6, 6.07) is 5.90. The molecular weight excluding hydrogens is 252 g/mol. The van der Waals surface area contributed by atoms with E-state index >= 15 is 0 Å². The van der Waals surface area contributed by atoms with Crippen LogP contribution in [0.2, 0.25) is 5.02 Å². The predicted octanol–water partition coefficient (Wildman–Crippen LogP) is 2.50. The number of rotatable bonds is 4. The van der Waals surface area contributed by atoms with Gasteiger partial charge in [-0.15, -0.1) is 0 Å². The number of nitrogens with one attached hydrogen (secondary N) is 1. The van der Waals surface area contributed by atoms with Crippen LogP contribution in [0.1, 0.15) is 18.4 Å². The predicted molar refractivity (Wildman–Crippen MR) is 69.0 cm³/mol. The minimum Gasteiger partial charge on any atom is -0.489 e. The summed E-state index contributed by atoms with van der Waals surface area (Å²) in [4.78, 5) is 0. The second-order valence-corrected chi connectivity index (χ2v) is 4.45. The number of fused-ring (bicyclic) bond motifs is 1. The highest BCUT2D eigenvalue weighted by Gasteiger charge is 2.15. The lowest BCUT2D eigenvalue weighted by molar-refractivity contribution is 0.297. The second kappa shape index (κ2) is 6.48. The van der Waals surface area contributed by atoms with Crippen LogP contribution in [0.5, 0.6) is 11.5 Å². The fourth-order valence-corrected chi connectivity index (χ4v) is 2.05. The van der Waals surface area contributed by atoms with Crippen LogP contribution in [-0.4, -0.2) is 19.8 Å². The third-order valence-corrected chi connectivity index (χ3v) is 2.89. The van der Waals surface area contributed by atoms with Crippen molar-refractivity contribution in [2.45, 2.75) is 19.4 Å². The van der Waals surface area contributed by atoms with Gasteiger partial charge in [-0.3, -0.25) is 0 Å². The lowest BCUT2D eigenvalue weighted by Crippen LogP contribution is -2.14. The van der Waals surface area contributed by atoms with Crippen molar-refractivity contribution < 1.29 is 9.47 Å². The zero-order valence-electron chi connectivity index (χ0n) is 10.0. The largest absolute Gasteiger partial charge is 0.489 e. The maximum Gasteiger partial charge on any atom is 0.179 e. The van der Waals surface area contributed by atoms with Gasteiger partial charge in [-0.25, -0.2) is 0 Å². The van der Waals surface area contributed by atoms with Crippen LogP contribution >= 0.6 is 11.6 Å². The first-order valence-electron chi connectivity index (χ1n) is 5.97. The molecule has 0 bridgehead atoms. The SMILES string of the molecule is N#CCCNCc1cc(Cl)c2c(c1)OCCCO2. The smallest absolute Gasteiger partial charge is 0.179 e. The van der Waals surface area contributed by atoms with E-state index in [1.807, 2.05) is 12.1 Å². The van der Waals surface area contributed by atoms with Crippen molar-refractivity contribution in [2.24, 2.45) is 0 Å². The van der Waals surface area contributed by atoms with Crippen LogP contribution in [0.4, 0.5) is 0 Å². The van der Waals surface area contributed by atoms with Gasteiger partial charge >= 0.3 is 0 Å². The second-order valence-electron chi connectivity index (χ2n) is 4.04. The number of nitrogens with zero attached hydrogens (tertiary/aromatic N) is 1. The summed E-state index contributed by atoms with van der Waals surface area (Å²) in [5.41, 5.74) is 1.03. The molecular formula is C13H15ClN2O2. The first-order chi connectivity index (χ1) is 8.81. The topological polar surface area (TPSA) is 54.3 Å². The van der Waals surface area contributed by atoms with Gasteiger partial charge in [-0.05, 0) is 17.7 Å². The molecule has 1 aromatic carbocycles. The molecule has 0 unspecified atom stereocenters. The van der Waals surface area contributed by atoms with E-state index < -0.39 is 0 Å². The molecule has 5 heteroatoms. The van der Waals surface area contributed by atoms with E-state index in [0.29, 0.717) is 49.2 Å². The lowest BCUT2D eigenvalue weighted by atomic mass is 10.2. The molecule has 2 rings (SSSR count). The molecule has 0 aromatic heterocycles. The zero-order valence-corrected chi connectivity index (χ0v) is 10.8. The van der Waals surface area contributed by atoms with Gasteiger partial charge in [-0.2, -0.15) is 5.26 Å². The van der Waals surface area contributed by atoms with E-state index in [9.17, 15) is 0 Å². The van der Waals surface area contributed by atoms with Gasteiger partial charge in [0.25, 0.3) is 0 Å². The van der Waals surface area contributed by atoms with Crippen LogP contribution in [0.3, 0.4) is 0 Å². The molecule has 4 nitrogen and oxygen atoms in total. The van der Waals surface area contributed by atoms with Crippen LogP contribution in [0, 0.1) is 11.3 Å². The molecule has 1 aromatic rings. The molecule has 0 saturated carbocycles. The molecule has 0 radical (unpaired) electrons. The Balaban J connectivity index is 2.06. The molecule has 0 aliphatic carbocycles. The Morgan fingerprint density at radius 2 is 2.17 bits per heavy atom. The minimum atomic E-state index is 0.498. The van der Waals surface area contributed by atoms with Crippen molar-refractivity contribution in [3.63, 3.8) is 0 Å². The fraction of sp³-hybridized carbons (Fsp3) is 0.462. The van der Waals surface area contributed by atoms with E-state index in [-0.39, 0.29) is 0 Å². The van der Waals surface area contributed by atoms with E-state index in [1.54, 1.807) is 0 Å². The van der Waals surface area contributed by atoms with E-state index in [1.165, 1.54) is 0 Å². The normalized spacial score (nSPS) is 13.8. The molecule has 0 saturated heterocycles. The van der Waals surface area contributed by atoms with Crippen molar-refractivity contribution in [1.29, 1.82) is 5.26 Å². The minimum absolute atomic E-state index is 0.498. The molecule has 1 N–H and O–H groups in total. The fourth-order valence-electron chi connectivity index (χ4n) is 1.76. The molecule has 0 fully saturated rings. The highest BCUT2D eigenvalue weighted by atomic mass is 35.5. The van der Waals surface area contributed by atoms with Gasteiger partial charge in [0, 0.05) is 25.9 Å². The monoisotopic (exact) mass is 266 g/mol. The van der Waals surface area contributed by atoms with Gasteiger partial charge in [-0.1, -0.05) is 11.6 Å². The molecule has 1 aliphatic rings. The summed E-state index contributed by atoms with van der Waals surface area (Å²) in [6.45, 7) is 2.61. The number of hydrogen-bond acceptors (Lipinski definition) is 4. The van der Waals surface area contributed by atoms with Crippen molar-refractivity contribution in [3.8, 4) is 17.6 Å². The Morgan fingerprint density at radius 1 is 1.33 bits per heavy atom. The number of hydrogen-bond donors (Lipinski definition) is 1. The van der Waals surface area contributed by atoms with Gasteiger partial charge in [0.05, 0.1) is 24.3 Å². The van der Waals surface area contributed by atoms with Gasteiger partial charge in [0.2, 0.25) is 0 Å². The Morgan fingerprint density at radius 3 is 3.00 bits per heavy atom. The Hall–Kier alpha value is -1.44. The Kier molecular flexibility index (Phi) is 4.68. The quantitative estimate of drug-likeness (QED) is 0.851. The molecule has 96 valence electrons. The number of ether oxygens (including phenoxy) is 2. The summed E-state index contributed by atoms with van der Waals surface area (Å²) < 4.78 is 11.2. The van der Waals surface area contributed by atoms with Crippen molar-refractivity contribution in [3.05, 3.63) is 22.7 Å². The first kappa shape index (κ1) is 13.0. The zero-order chi connectivity index (χ0) is 12.8. The maximum atomic E-state index is 8.45. The van der Waals surface area contributed by atoms with E-state index in [4.69, 9.17) is 26.3 Å². The average Bonchev–Trinajstić information content (AvgIpc) is 2.60. The molecule has 1 heterocycles. The molecule has 1 aliphatic heterocycles. The highest BCUT2D eigenvalue weighted by Crippen LogP contribution is 2.37. The van der Waals surface area contributed by atoms with Crippen molar-refractivity contribution in [2.75, 3.05) is 19.8 Å². The van der Waals surface area contributed by atoms with Crippen LogP contribution < -0.4 is 14.8 Å². The van der Waals surface area contributed by atoms with E-state index in [2.05, 4.69) is 11.4 Å². The molecule has 0 atom stereocenters. The number of nitriles is 1. The van der Waals surface area contributed by atoms with Crippen LogP contribution in [-0.2, 0) is 6.54 Å². The summed E-state index contributed by atoms with van der Waals surface area (Å²) >= 11 is 6.17. The lowest BCUT2D eigenvalue weighted by Gasteiger charge is -2.11. The molecule has 18 heavy (non-hydrogen) atoms. The van der Waals surface area contributed by atoms with Gasteiger partial charge < -0.3 is 14.8 Å². The van der Waals surface area contributed by atoms with Gasteiger partial charge in [0.1, 0.15) is 0 Å². The summed E-state index contributed by atoms with van der Waals surface area (Å²) in [6.07, 6.45) is 1.36. The van der Waals surface area contributed by atoms with Crippen molar-refractivity contribution in [1.82, 2.24) is 5.32 Å². The van der Waals surface area contributed by atoms with Crippen LogP contribution in [0.25, 0.3) is 0 Å². The third kappa shape index (κ3) is 3.28. The molecule has 0 amide bonds.